The maximum atomic E-state index is 12.8. The second kappa shape index (κ2) is 8.69. The number of likely N-dealkylation sites (tertiary alicyclic amines) is 1. The average molecular weight is 385 g/mol. The van der Waals surface area contributed by atoms with E-state index >= 15 is 0 Å². The van der Waals surface area contributed by atoms with Crippen LogP contribution in [0.5, 0.6) is 0 Å². The number of carbonyl (C=O) groups is 2. The molecule has 2 heterocycles. The number of anilines is 1. The fraction of sp³-hybridized carbons (Fsp3) is 0.208. The number of rotatable bonds is 4. The van der Waals surface area contributed by atoms with E-state index in [0.29, 0.717) is 37.3 Å². The topological polar surface area (TPSA) is 62.3 Å². The van der Waals surface area contributed by atoms with Gasteiger partial charge in [-0.15, -0.1) is 0 Å². The number of hydrogen-bond donors (Lipinski definition) is 1. The van der Waals surface area contributed by atoms with Crippen LogP contribution in [0.4, 0.5) is 5.82 Å². The number of carbonyl (C=O) groups excluding carboxylic acids is 2. The molecule has 146 valence electrons. The fourth-order valence-corrected chi connectivity index (χ4v) is 3.63. The van der Waals surface area contributed by atoms with Crippen molar-refractivity contribution >= 4 is 17.6 Å². The summed E-state index contributed by atoms with van der Waals surface area (Å²) in [6.45, 7) is 1.17. The van der Waals surface area contributed by atoms with Gasteiger partial charge in [-0.25, -0.2) is 4.98 Å². The van der Waals surface area contributed by atoms with Crippen molar-refractivity contribution in [3.05, 3.63) is 84.6 Å². The van der Waals surface area contributed by atoms with Crippen LogP contribution in [0.15, 0.2) is 79.0 Å². The first-order valence-corrected chi connectivity index (χ1v) is 9.87. The molecule has 0 unspecified atom stereocenters. The highest BCUT2D eigenvalue weighted by atomic mass is 16.2. The Morgan fingerprint density at radius 1 is 0.828 bits per heavy atom. The molecule has 0 aliphatic carbocycles. The van der Waals surface area contributed by atoms with Gasteiger partial charge in [-0.05, 0) is 48.2 Å². The minimum absolute atomic E-state index is 0.0215. The molecule has 5 heteroatoms. The van der Waals surface area contributed by atoms with E-state index in [1.54, 1.807) is 12.3 Å². The van der Waals surface area contributed by atoms with Gasteiger partial charge < -0.3 is 10.2 Å². The quantitative estimate of drug-likeness (QED) is 0.731. The van der Waals surface area contributed by atoms with Crippen LogP contribution < -0.4 is 5.32 Å². The molecule has 5 nitrogen and oxygen atoms in total. The highest BCUT2D eigenvalue weighted by Crippen LogP contribution is 2.23. The van der Waals surface area contributed by atoms with Gasteiger partial charge in [0.15, 0.2) is 0 Å². The number of benzene rings is 2. The molecule has 1 fully saturated rings. The second-order valence-electron chi connectivity index (χ2n) is 7.21. The van der Waals surface area contributed by atoms with Crippen molar-refractivity contribution in [2.24, 2.45) is 5.92 Å². The summed E-state index contributed by atoms with van der Waals surface area (Å²) >= 11 is 0. The Balaban J connectivity index is 1.33. The Labute approximate surface area is 170 Å². The number of nitrogens with zero attached hydrogens (tertiary/aromatic N) is 2. The molecule has 0 saturated carbocycles. The van der Waals surface area contributed by atoms with Gasteiger partial charge in [0.05, 0.1) is 0 Å². The van der Waals surface area contributed by atoms with E-state index < -0.39 is 0 Å². The Kier molecular flexibility index (Phi) is 5.66. The molecule has 2 amide bonds. The summed E-state index contributed by atoms with van der Waals surface area (Å²) < 4.78 is 0. The molecule has 0 radical (unpaired) electrons. The Hall–Kier alpha value is -3.47. The van der Waals surface area contributed by atoms with Gasteiger partial charge in [0.1, 0.15) is 5.82 Å². The molecule has 2 aromatic carbocycles. The largest absolute Gasteiger partial charge is 0.339 e. The van der Waals surface area contributed by atoms with Crippen molar-refractivity contribution in [3.8, 4) is 11.1 Å². The average Bonchev–Trinajstić information content (AvgIpc) is 2.80. The van der Waals surface area contributed by atoms with E-state index in [4.69, 9.17) is 0 Å². The molecular weight excluding hydrogens is 362 g/mol. The van der Waals surface area contributed by atoms with Gasteiger partial charge in [-0.3, -0.25) is 9.59 Å². The fourth-order valence-electron chi connectivity index (χ4n) is 3.63. The van der Waals surface area contributed by atoms with Crippen LogP contribution in [0.3, 0.4) is 0 Å². The van der Waals surface area contributed by atoms with Crippen molar-refractivity contribution < 1.29 is 9.59 Å². The van der Waals surface area contributed by atoms with Crippen LogP contribution in [0.1, 0.15) is 23.2 Å². The highest BCUT2D eigenvalue weighted by molar-refractivity contribution is 5.95. The summed E-state index contributed by atoms with van der Waals surface area (Å²) in [7, 11) is 0. The molecule has 29 heavy (non-hydrogen) atoms. The van der Waals surface area contributed by atoms with E-state index in [9.17, 15) is 9.59 Å². The number of aromatic nitrogens is 1. The van der Waals surface area contributed by atoms with Gasteiger partial charge >= 0.3 is 0 Å². The van der Waals surface area contributed by atoms with Crippen LogP contribution in [0, 0.1) is 5.92 Å². The zero-order chi connectivity index (χ0) is 20.1. The maximum absolute atomic E-state index is 12.8. The van der Waals surface area contributed by atoms with Crippen LogP contribution >= 0.6 is 0 Å². The smallest absolute Gasteiger partial charge is 0.253 e. The molecule has 0 spiro atoms. The maximum Gasteiger partial charge on any atom is 0.253 e. The van der Waals surface area contributed by atoms with E-state index in [1.165, 1.54) is 0 Å². The minimum atomic E-state index is -0.0958. The van der Waals surface area contributed by atoms with Gasteiger partial charge in [0.25, 0.3) is 5.91 Å². The molecule has 4 rings (SSSR count). The Morgan fingerprint density at radius 3 is 2.14 bits per heavy atom. The molecule has 1 aromatic heterocycles. The zero-order valence-corrected chi connectivity index (χ0v) is 16.1. The summed E-state index contributed by atoms with van der Waals surface area (Å²) in [6.07, 6.45) is 2.97. The molecule has 1 N–H and O–H groups in total. The monoisotopic (exact) mass is 385 g/mol. The van der Waals surface area contributed by atoms with Crippen molar-refractivity contribution in [2.45, 2.75) is 12.8 Å². The summed E-state index contributed by atoms with van der Waals surface area (Å²) in [5.74, 6) is 0.465. The van der Waals surface area contributed by atoms with Gasteiger partial charge in [0.2, 0.25) is 5.91 Å². The minimum Gasteiger partial charge on any atom is -0.339 e. The molecule has 1 saturated heterocycles. The third kappa shape index (κ3) is 4.51. The van der Waals surface area contributed by atoms with E-state index in [1.807, 2.05) is 59.5 Å². The third-order valence-corrected chi connectivity index (χ3v) is 5.31. The van der Waals surface area contributed by atoms with E-state index in [0.717, 1.165) is 11.1 Å². The SMILES string of the molecule is O=C(Nc1ccccn1)C1CCN(C(=O)c2ccc(-c3ccccc3)cc2)CC1. The zero-order valence-electron chi connectivity index (χ0n) is 16.1. The van der Waals surface area contributed by atoms with E-state index in [-0.39, 0.29) is 17.7 Å². The summed E-state index contributed by atoms with van der Waals surface area (Å²) in [6, 6.07) is 23.2. The molecule has 1 aliphatic rings. The van der Waals surface area contributed by atoms with Crippen LogP contribution in [0.25, 0.3) is 11.1 Å². The predicted octanol–water partition coefficient (Wildman–Crippen LogP) is 4.24. The number of amides is 2. The first kappa shape index (κ1) is 18.9. The van der Waals surface area contributed by atoms with E-state index in [2.05, 4.69) is 22.4 Å². The Morgan fingerprint density at radius 2 is 1.48 bits per heavy atom. The number of piperidine rings is 1. The molecule has 1 aliphatic heterocycles. The molecule has 0 atom stereocenters. The van der Waals surface area contributed by atoms with Gasteiger partial charge in [0, 0.05) is 30.8 Å². The summed E-state index contributed by atoms with van der Waals surface area (Å²) in [5.41, 5.74) is 2.90. The molecular formula is C24H23N3O2. The lowest BCUT2D eigenvalue weighted by Gasteiger charge is -2.31. The Bertz CT molecular complexity index is 964. The lowest BCUT2D eigenvalue weighted by Crippen LogP contribution is -2.41. The first-order valence-electron chi connectivity index (χ1n) is 9.87. The van der Waals surface area contributed by atoms with Crippen LogP contribution in [-0.4, -0.2) is 34.8 Å². The van der Waals surface area contributed by atoms with Gasteiger partial charge in [-0.1, -0.05) is 48.5 Å². The number of pyridine rings is 1. The van der Waals surface area contributed by atoms with Crippen LogP contribution in [-0.2, 0) is 4.79 Å². The summed E-state index contributed by atoms with van der Waals surface area (Å²) in [4.78, 5) is 31.2. The number of hydrogen-bond acceptors (Lipinski definition) is 3. The lowest BCUT2D eigenvalue weighted by molar-refractivity contribution is -0.121. The third-order valence-electron chi connectivity index (χ3n) is 5.31. The van der Waals surface area contributed by atoms with Crippen molar-refractivity contribution in [1.82, 2.24) is 9.88 Å². The normalized spacial score (nSPS) is 14.4. The van der Waals surface area contributed by atoms with Gasteiger partial charge in [-0.2, -0.15) is 0 Å². The molecule has 3 aromatic rings. The molecule has 0 bridgehead atoms. The van der Waals surface area contributed by atoms with Crippen molar-refractivity contribution in [1.29, 1.82) is 0 Å². The predicted molar refractivity (Wildman–Crippen MR) is 113 cm³/mol. The highest BCUT2D eigenvalue weighted by Gasteiger charge is 2.28. The van der Waals surface area contributed by atoms with Crippen molar-refractivity contribution in [3.63, 3.8) is 0 Å². The van der Waals surface area contributed by atoms with Crippen LogP contribution in [0.2, 0.25) is 0 Å². The first-order chi connectivity index (χ1) is 14.2. The lowest BCUT2D eigenvalue weighted by atomic mass is 9.95. The second-order valence-corrected chi connectivity index (χ2v) is 7.21. The summed E-state index contributed by atoms with van der Waals surface area (Å²) in [5, 5.41) is 2.86. The standard InChI is InChI=1S/C24H23N3O2/c28-23(26-22-8-4-5-15-25-22)20-13-16-27(17-14-20)24(29)21-11-9-19(10-12-21)18-6-2-1-3-7-18/h1-12,15,20H,13-14,16-17H2,(H,25,26,28). The number of nitrogens with one attached hydrogen (secondary N) is 1. The van der Waals surface area contributed by atoms with Crippen molar-refractivity contribution in [2.75, 3.05) is 18.4 Å².